The Labute approximate surface area is 112 Å². The fourth-order valence-electron chi connectivity index (χ4n) is 3.31. The van der Waals surface area contributed by atoms with E-state index in [0.29, 0.717) is 12.0 Å². The van der Waals surface area contributed by atoms with Crippen LogP contribution in [0.4, 0.5) is 4.39 Å². The number of amides is 2. The Morgan fingerprint density at radius 1 is 1.33 bits per heavy atom. The fraction of sp³-hybridized carbons (Fsp3) is 0.385. The number of imide groups is 1. The minimum absolute atomic E-state index is 0.272. The first-order valence-corrected chi connectivity index (χ1v) is 6.62. The van der Waals surface area contributed by atoms with Crippen LogP contribution in [0.5, 0.6) is 0 Å². The van der Waals surface area contributed by atoms with E-state index in [1.807, 2.05) is 6.92 Å². The van der Waals surface area contributed by atoms with Gasteiger partial charge in [-0.1, -0.05) is 22.9 Å². The standard InChI is InChI=1S/C13H11BrFNO2/c1-2-13(7-5-6(14)3-4-8(7)15)9-10(13)12(18)16-11(9)17/h3-5,9-10H,2H2,1H3,(H,16,17,18). The van der Waals surface area contributed by atoms with E-state index in [9.17, 15) is 14.0 Å². The van der Waals surface area contributed by atoms with Gasteiger partial charge in [-0.25, -0.2) is 4.39 Å². The number of nitrogens with one attached hydrogen (secondary N) is 1. The van der Waals surface area contributed by atoms with Gasteiger partial charge in [-0.2, -0.15) is 0 Å². The van der Waals surface area contributed by atoms with Crippen molar-refractivity contribution >= 4 is 27.7 Å². The van der Waals surface area contributed by atoms with Crippen LogP contribution in [0.15, 0.2) is 22.7 Å². The molecule has 0 radical (unpaired) electrons. The predicted octanol–water partition coefficient (Wildman–Crippen LogP) is 2.14. The highest BCUT2D eigenvalue weighted by Crippen LogP contribution is 2.65. The molecule has 1 heterocycles. The SMILES string of the molecule is CCC1(c2cc(Br)ccc2F)C2C(=O)NC(=O)C21. The van der Waals surface area contributed by atoms with E-state index >= 15 is 0 Å². The average molecular weight is 312 g/mol. The van der Waals surface area contributed by atoms with E-state index < -0.39 is 17.3 Å². The van der Waals surface area contributed by atoms with E-state index in [2.05, 4.69) is 21.2 Å². The van der Waals surface area contributed by atoms with Gasteiger partial charge in [0, 0.05) is 9.89 Å². The number of halogens is 2. The molecule has 2 atom stereocenters. The molecule has 1 saturated carbocycles. The molecule has 3 rings (SSSR count). The third kappa shape index (κ3) is 1.28. The molecule has 0 aromatic heterocycles. The van der Waals surface area contributed by atoms with Crippen LogP contribution in [-0.2, 0) is 15.0 Å². The zero-order chi connectivity index (χ0) is 13.1. The molecule has 2 fully saturated rings. The zero-order valence-electron chi connectivity index (χ0n) is 9.67. The summed E-state index contributed by atoms with van der Waals surface area (Å²) < 4.78 is 14.7. The van der Waals surface area contributed by atoms with E-state index in [1.165, 1.54) is 6.07 Å². The van der Waals surface area contributed by atoms with Crippen molar-refractivity contribution in [2.24, 2.45) is 11.8 Å². The Balaban J connectivity index is 2.13. The molecule has 1 aliphatic carbocycles. The maximum Gasteiger partial charge on any atom is 0.231 e. The lowest BCUT2D eigenvalue weighted by atomic mass is 9.87. The Hall–Kier alpha value is -1.23. The number of hydrogen-bond acceptors (Lipinski definition) is 2. The summed E-state index contributed by atoms with van der Waals surface area (Å²) >= 11 is 3.30. The largest absolute Gasteiger partial charge is 0.296 e. The van der Waals surface area contributed by atoms with Gasteiger partial charge in [0.2, 0.25) is 11.8 Å². The molecule has 0 spiro atoms. The van der Waals surface area contributed by atoms with Crippen molar-refractivity contribution < 1.29 is 14.0 Å². The van der Waals surface area contributed by atoms with Gasteiger partial charge in [-0.05, 0) is 30.2 Å². The summed E-state index contributed by atoms with van der Waals surface area (Å²) in [6, 6.07) is 4.66. The highest BCUT2D eigenvalue weighted by atomic mass is 79.9. The molecule has 1 aromatic rings. The highest BCUT2D eigenvalue weighted by Gasteiger charge is 2.75. The maximum absolute atomic E-state index is 14.0. The van der Waals surface area contributed by atoms with Crippen molar-refractivity contribution in [2.45, 2.75) is 18.8 Å². The molecule has 18 heavy (non-hydrogen) atoms. The number of hydrogen-bond donors (Lipinski definition) is 1. The van der Waals surface area contributed by atoms with Crippen LogP contribution < -0.4 is 5.32 Å². The van der Waals surface area contributed by atoms with Crippen molar-refractivity contribution in [3.05, 3.63) is 34.1 Å². The Bertz CT molecular complexity index is 552. The number of piperidine rings is 1. The summed E-state index contributed by atoms with van der Waals surface area (Å²) in [4.78, 5) is 23.4. The number of carbonyl (C=O) groups is 2. The zero-order valence-corrected chi connectivity index (χ0v) is 11.3. The van der Waals surface area contributed by atoms with Gasteiger partial charge in [0.05, 0.1) is 11.8 Å². The molecule has 94 valence electrons. The van der Waals surface area contributed by atoms with Crippen LogP contribution in [0.25, 0.3) is 0 Å². The van der Waals surface area contributed by atoms with Crippen LogP contribution >= 0.6 is 15.9 Å². The lowest BCUT2D eigenvalue weighted by Gasteiger charge is -2.19. The molecule has 1 aromatic carbocycles. The summed E-state index contributed by atoms with van der Waals surface area (Å²) in [6.45, 7) is 1.89. The van der Waals surface area contributed by atoms with E-state index in [0.717, 1.165) is 4.47 Å². The van der Waals surface area contributed by atoms with Crippen LogP contribution in [0, 0.1) is 17.7 Å². The Morgan fingerprint density at radius 2 is 1.94 bits per heavy atom. The summed E-state index contributed by atoms with van der Waals surface area (Å²) in [5, 5.41) is 2.30. The Morgan fingerprint density at radius 3 is 2.50 bits per heavy atom. The fourth-order valence-corrected chi connectivity index (χ4v) is 3.67. The maximum atomic E-state index is 14.0. The molecule has 5 heteroatoms. The van der Waals surface area contributed by atoms with Gasteiger partial charge < -0.3 is 0 Å². The van der Waals surface area contributed by atoms with Gasteiger partial charge in [-0.15, -0.1) is 0 Å². The van der Waals surface area contributed by atoms with Gasteiger partial charge in [0.15, 0.2) is 0 Å². The van der Waals surface area contributed by atoms with E-state index in [1.54, 1.807) is 12.1 Å². The molecule has 2 aliphatic rings. The summed E-state index contributed by atoms with van der Waals surface area (Å²) in [7, 11) is 0. The van der Waals surface area contributed by atoms with Crippen molar-refractivity contribution in [1.82, 2.24) is 5.32 Å². The van der Waals surface area contributed by atoms with Crippen molar-refractivity contribution in [3.8, 4) is 0 Å². The monoisotopic (exact) mass is 311 g/mol. The topological polar surface area (TPSA) is 46.2 Å². The molecule has 2 amide bonds. The molecule has 1 aliphatic heterocycles. The highest BCUT2D eigenvalue weighted by molar-refractivity contribution is 9.10. The molecule has 1 saturated heterocycles. The van der Waals surface area contributed by atoms with E-state index in [4.69, 9.17) is 0 Å². The number of fused-ring (bicyclic) bond motifs is 1. The molecule has 3 nitrogen and oxygen atoms in total. The third-order valence-corrected chi connectivity index (χ3v) is 4.65. The average Bonchev–Trinajstić information content (AvgIpc) is 2.93. The number of benzene rings is 1. The third-order valence-electron chi connectivity index (χ3n) is 4.16. The quantitative estimate of drug-likeness (QED) is 0.851. The molecule has 0 bridgehead atoms. The second-order valence-electron chi connectivity index (χ2n) is 4.83. The lowest BCUT2D eigenvalue weighted by Crippen LogP contribution is -2.34. The second-order valence-corrected chi connectivity index (χ2v) is 5.74. The van der Waals surface area contributed by atoms with Crippen LogP contribution in [-0.4, -0.2) is 11.8 Å². The van der Waals surface area contributed by atoms with Gasteiger partial charge in [0.25, 0.3) is 0 Å². The van der Waals surface area contributed by atoms with Crippen LogP contribution in [0.3, 0.4) is 0 Å². The minimum Gasteiger partial charge on any atom is -0.296 e. The minimum atomic E-state index is -0.646. The van der Waals surface area contributed by atoms with Gasteiger partial charge in [-0.3, -0.25) is 14.9 Å². The first kappa shape index (κ1) is 11.8. The Kier molecular flexibility index (Phi) is 2.39. The normalized spacial score (nSPS) is 33.3. The summed E-state index contributed by atoms with van der Waals surface area (Å²) in [5.41, 5.74) is -0.176. The molecular formula is C13H11BrFNO2. The second kappa shape index (κ2) is 3.63. The number of rotatable bonds is 2. The first-order chi connectivity index (χ1) is 8.52. The van der Waals surface area contributed by atoms with Crippen LogP contribution in [0.1, 0.15) is 18.9 Å². The van der Waals surface area contributed by atoms with Crippen molar-refractivity contribution in [2.75, 3.05) is 0 Å². The smallest absolute Gasteiger partial charge is 0.231 e. The van der Waals surface area contributed by atoms with Gasteiger partial charge >= 0.3 is 0 Å². The van der Waals surface area contributed by atoms with Crippen LogP contribution in [0.2, 0.25) is 0 Å². The lowest BCUT2D eigenvalue weighted by molar-refractivity contribution is -0.128. The predicted molar refractivity (Wildman–Crippen MR) is 66.2 cm³/mol. The molecule has 2 unspecified atom stereocenters. The first-order valence-electron chi connectivity index (χ1n) is 5.82. The molecule has 1 N–H and O–H groups in total. The number of carbonyl (C=O) groups excluding carboxylic acids is 2. The van der Waals surface area contributed by atoms with Gasteiger partial charge in [0.1, 0.15) is 5.82 Å². The van der Waals surface area contributed by atoms with E-state index in [-0.39, 0.29) is 17.6 Å². The molecular weight excluding hydrogens is 301 g/mol. The summed E-state index contributed by atoms with van der Waals surface area (Å²) in [6.07, 6.45) is 0.578. The van der Waals surface area contributed by atoms with Crippen molar-refractivity contribution in [1.29, 1.82) is 0 Å². The summed E-state index contributed by atoms with van der Waals surface area (Å²) in [5.74, 6) is -1.70. The van der Waals surface area contributed by atoms with Crippen molar-refractivity contribution in [3.63, 3.8) is 0 Å².